The van der Waals surface area contributed by atoms with E-state index < -0.39 is 0 Å². The normalized spacial score (nSPS) is 17.2. The second kappa shape index (κ2) is 7.64. The average molecular weight is 291 g/mol. The molecular weight excluding hydrogens is 270 g/mol. The number of carbonyl (C=O) groups is 1. The number of phenols is 1. The van der Waals surface area contributed by atoms with Gasteiger partial charge in [0.25, 0.3) is 0 Å². The number of nitrogens with one attached hydrogen (secondary N) is 1. The zero-order valence-corrected chi connectivity index (χ0v) is 11.9. The fourth-order valence-corrected chi connectivity index (χ4v) is 2.14. The van der Waals surface area contributed by atoms with Gasteiger partial charge in [-0.2, -0.15) is 0 Å². The van der Waals surface area contributed by atoms with E-state index in [1.807, 2.05) is 0 Å². The van der Waals surface area contributed by atoms with E-state index in [1.165, 1.54) is 0 Å². The summed E-state index contributed by atoms with van der Waals surface area (Å²) in [6, 6.07) is 6.78. The molecule has 6 heteroatoms. The Labute approximate surface area is 124 Å². The number of oxime groups is 1. The van der Waals surface area contributed by atoms with Crippen LogP contribution in [0.2, 0.25) is 0 Å². The summed E-state index contributed by atoms with van der Waals surface area (Å²) < 4.78 is 0. The maximum Gasteiger partial charge on any atom is 0.223 e. The number of amides is 1. The van der Waals surface area contributed by atoms with Crippen LogP contribution in [0.15, 0.2) is 29.4 Å². The molecule has 0 saturated carbocycles. The van der Waals surface area contributed by atoms with Gasteiger partial charge in [0, 0.05) is 13.0 Å². The van der Waals surface area contributed by atoms with Crippen molar-refractivity contribution >= 4 is 11.6 Å². The third-order valence-electron chi connectivity index (χ3n) is 3.30. The van der Waals surface area contributed by atoms with Crippen LogP contribution in [0.4, 0.5) is 0 Å². The van der Waals surface area contributed by atoms with Gasteiger partial charge in [0.05, 0.1) is 12.1 Å². The van der Waals surface area contributed by atoms with Crippen LogP contribution in [0.3, 0.4) is 0 Å². The number of carbonyl (C=O) groups excluding carboxylic acids is 1. The molecule has 1 aromatic carbocycles. The zero-order valence-electron chi connectivity index (χ0n) is 11.9. The maximum absolute atomic E-state index is 11.7. The lowest BCUT2D eigenvalue weighted by Crippen LogP contribution is -2.28. The van der Waals surface area contributed by atoms with E-state index in [0.29, 0.717) is 25.9 Å². The number of hydrogen-bond acceptors (Lipinski definition) is 5. The highest BCUT2D eigenvalue weighted by atomic mass is 16.6. The molecule has 6 nitrogen and oxygen atoms in total. The molecule has 1 aliphatic heterocycles. The summed E-state index contributed by atoms with van der Waals surface area (Å²) in [7, 11) is 0. The lowest BCUT2D eigenvalue weighted by Gasteiger charge is -2.08. The van der Waals surface area contributed by atoms with Gasteiger partial charge in [-0.15, -0.1) is 0 Å². The van der Waals surface area contributed by atoms with Crippen molar-refractivity contribution in [3.05, 3.63) is 29.8 Å². The average Bonchev–Trinajstić information content (AvgIpc) is 2.93. The quantitative estimate of drug-likeness (QED) is 0.656. The highest BCUT2D eigenvalue weighted by Gasteiger charge is 2.24. The van der Waals surface area contributed by atoms with Crippen molar-refractivity contribution in [2.45, 2.75) is 31.8 Å². The predicted molar refractivity (Wildman–Crippen MR) is 80.0 cm³/mol. The minimum Gasteiger partial charge on any atom is -0.508 e. The number of benzene rings is 1. The Morgan fingerprint density at radius 2 is 2.14 bits per heavy atom. The molecule has 1 aromatic rings. The second-order valence-electron chi connectivity index (χ2n) is 5.07. The van der Waals surface area contributed by atoms with Crippen LogP contribution in [0.5, 0.6) is 5.75 Å². The van der Waals surface area contributed by atoms with E-state index in [2.05, 4.69) is 10.5 Å². The standard InChI is InChI=1S/C15H21N3O3/c16-7-1-2-8-17-15(20)10-13-9-14(18-21-13)11-3-5-12(19)6-4-11/h3-6,13,19H,1-2,7-10,16H2,(H,17,20). The molecule has 1 atom stereocenters. The van der Waals surface area contributed by atoms with Crippen LogP contribution in [0.1, 0.15) is 31.2 Å². The van der Waals surface area contributed by atoms with Crippen LogP contribution in [-0.2, 0) is 9.63 Å². The fraction of sp³-hybridized carbons (Fsp3) is 0.467. The van der Waals surface area contributed by atoms with Crippen molar-refractivity contribution in [1.29, 1.82) is 0 Å². The summed E-state index contributed by atoms with van der Waals surface area (Å²) in [5, 5.41) is 16.1. The number of hydrogen-bond donors (Lipinski definition) is 3. The third-order valence-corrected chi connectivity index (χ3v) is 3.30. The Bertz CT molecular complexity index is 499. The molecule has 0 bridgehead atoms. The van der Waals surface area contributed by atoms with Crippen LogP contribution in [0.25, 0.3) is 0 Å². The molecule has 114 valence electrons. The molecule has 4 N–H and O–H groups in total. The van der Waals surface area contributed by atoms with Crippen molar-refractivity contribution in [2.24, 2.45) is 10.9 Å². The van der Waals surface area contributed by atoms with E-state index in [0.717, 1.165) is 24.1 Å². The van der Waals surface area contributed by atoms with Crippen molar-refractivity contribution in [2.75, 3.05) is 13.1 Å². The molecule has 0 fully saturated rings. The lowest BCUT2D eigenvalue weighted by molar-refractivity contribution is -0.123. The van der Waals surface area contributed by atoms with Crippen LogP contribution in [-0.4, -0.2) is 35.9 Å². The van der Waals surface area contributed by atoms with Gasteiger partial charge in [-0.3, -0.25) is 4.79 Å². The Morgan fingerprint density at radius 3 is 2.86 bits per heavy atom. The van der Waals surface area contributed by atoms with Crippen molar-refractivity contribution < 1.29 is 14.7 Å². The molecule has 0 spiro atoms. The summed E-state index contributed by atoms with van der Waals surface area (Å²) in [6.07, 6.45) is 2.48. The van der Waals surface area contributed by atoms with Gasteiger partial charge in [0.1, 0.15) is 11.9 Å². The minimum atomic E-state index is -0.219. The van der Waals surface area contributed by atoms with E-state index in [-0.39, 0.29) is 17.8 Å². The van der Waals surface area contributed by atoms with Gasteiger partial charge in [0.2, 0.25) is 5.91 Å². The summed E-state index contributed by atoms with van der Waals surface area (Å²) in [5.41, 5.74) is 7.10. The summed E-state index contributed by atoms with van der Waals surface area (Å²) >= 11 is 0. The molecule has 1 unspecified atom stereocenters. The molecule has 0 aromatic heterocycles. The summed E-state index contributed by atoms with van der Waals surface area (Å²) in [5.74, 6) is 0.186. The number of rotatable bonds is 7. The number of aromatic hydroxyl groups is 1. The van der Waals surface area contributed by atoms with Gasteiger partial charge in [-0.1, -0.05) is 5.16 Å². The monoisotopic (exact) mass is 291 g/mol. The number of phenolic OH excluding ortho intramolecular Hbond substituents is 1. The SMILES string of the molecule is NCCCCNC(=O)CC1CC(c2ccc(O)cc2)=NO1. The number of nitrogens with zero attached hydrogens (tertiary/aromatic N) is 1. The van der Waals surface area contributed by atoms with Gasteiger partial charge >= 0.3 is 0 Å². The van der Waals surface area contributed by atoms with E-state index in [1.54, 1.807) is 24.3 Å². The summed E-state index contributed by atoms with van der Waals surface area (Å²) in [4.78, 5) is 17.0. The molecule has 2 rings (SSSR count). The third kappa shape index (κ3) is 4.75. The zero-order chi connectivity index (χ0) is 15.1. The van der Waals surface area contributed by atoms with Crippen molar-refractivity contribution in [3.8, 4) is 5.75 Å². The molecule has 1 amide bonds. The molecule has 1 heterocycles. The van der Waals surface area contributed by atoms with Gasteiger partial charge < -0.3 is 21.0 Å². The van der Waals surface area contributed by atoms with Crippen LogP contribution >= 0.6 is 0 Å². The molecule has 21 heavy (non-hydrogen) atoms. The maximum atomic E-state index is 11.7. The first-order valence-corrected chi connectivity index (χ1v) is 7.18. The van der Waals surface area contributed by atoms with E-state index >= 15 is 0 Å². The predicted octanol–water partition coefficient (Wildman–Crippen LogP) is 1.13. The Morgan fingerprint density at radius 1 is 1.38 bits per heavy atom. The van der Waals surface area contributed by atoms with Crippen molar-refractivity contribution in [1.82, 2.24) is 5.32 Å². The Balaban J connectivity index is 1.74. The lowest BCUT2D eigenvalue weighted by atomic mass is 10.0. The highest BCUT2D eigenvalue weighted by Crippen LogP contribution is 2.20. The van der Waals surface area contributed by atoms with Crippen molar-refractivity contribution in [3.63, 3.8) is 0 Å². The number of nitrogens with two attached hydrogens (primary N) is 1. The minimum absolute atomic E-state index is 0.0285. The van der Waals surface area contributed by atoms with Crippen LogP contribution in [0, 0.1) is 0 Å². The first-order valence-electron chi connectivity index (χ1n) is 7.18. The topological polar surface area (TPSA) is 96.9 Å². The van der Waals surface area contributed by atoms with Gasteiger partial charge in [-0.05, 0) is 49.2 Å². The number of unbranched alkanes of at least 4 members (excludes halogenated alkanes) is 1. The Hall–Kier alpha value is -2.08. The first kappa shape index (κ1) is 15.3. The molecule has 0 radical (unpaired) electrons. The highest BCUT2D eigenvalue weighted by molar-refractivity contribution is 6.01. The van der Waals surface area contributed by atoms with Crippen LogP contribution < -0.4 is 11.1 Å². The second-order valence-corrected chi connectivity index (χ2v) is 5.07. The molecule has 0 saturated heterocycles. The molecule has 1 aliphatic rings. The van der Waals surface area contributed by atoms with E-state index in [4.69, 9.17) is 10.6 Å². The van der Waals surface area contributed by atoms with E-state index in [9.17, 15) is 9.90 Å². The molecular formula is C15H21N3O3. The fourth-order valence-electron chi connectivity index (χ4n) is 2.14. The van der Waals surface area contributed by atoms with Gasteiger partial charge in [0.15, 0.2) is 0 Å². The smallest absolute Gasteiger partial charge is 0.223 e. The first-order chi connectivity index (χ1) is 10.2. The summed E-state index contributed by atoms with van der Waals surface area (Å²) in [6.45, 7) is 1.29. The Kier molecular flexibility index (Phi) is 5.57. The molecule has 0 aliphatic carbocycles. The van der Waals surface area contributed by atoms with Gasteiger partial charge in [-0.25, -0.2) is 0 Å². The largest absolute Gasteiger partial charge is 0.508 e.